The monoisotopic (exact) mass is 193 g/mol. The van der Waals surface area contributed by atoms with Gasteiger partial charge in [-0.05, 0) is 12.1 Å². The molecule has 0 atom stereocenters. The Bertz CT molecular complexity index is 412. The maximum atomic E-state index is 9.48. The third-order valence-corrected chi connectivity index (χ3v) is 2.31. The molecule has 66 valence electrons. The van der Waals surface area contributed by atoms with E-state index in [1.54, 1.807) is 17.6 Å². The quantitative estimate of drug-likeness (QED) is 0.683. The zero-order valence-electron chi connectivity index (χ0n) is 6.64. The molecular weight excluding hydrogens is 186 g/mol. The number of rotatable bonds is 1. The number of phenolic OH excluding ortho intramolecular Hbond substituents is 2. The number of nitrogens with zero attached hydrogens (tertiary/aromatic N) is 1. The van der Waals surface area contributed by atoms with Gasteiger partial charge in [-0.15, -0.1) is 11.3 Å². The summed E-state index contributed by atoms with van der Waals surface area (Å²) in [6.07, 6.45) is 0. The number of aromatic hydroxyl groups is 2. The largest absolute Gasteiger partial charge is 0.504 e. The summed E-state index contributed by atoms with van der Waals surface area (Å²) in [4.78, 5) is 4.04. The fourth-order valence-corrected chi connectivity index (χ4v) is 1.64. The molecule has 13 heavy (non-hydrogen) atoms. The molecule has 0 aliphatic heterocycles. The van der Waals surface area contributed by atoms with Crippen molar-refractivity contribution in [1.82, 2.24) is 4.98 Å². The second-order valence-electron chi connectivity index (χ2n) is 2.55. The van der Waals surface area contributed by atoms with Gasteiger partial charge in [0.1, 0.15) is 0 Å². The molecular formula is C9H7NO2S. The maximum Gasteiger partial charge on any atom is 0.167 e. The van der Waals surface area contributed by atoms with Crippen molar-refractivity contribution in [3.63, 3.8) is 0 Å². The molecule has 0 saturated heterocycles. The van der Waals surface area contributed by atoms with Gasteiger partial charge < -0.3 is 10.2 Å². The van der Waals surface area contributed by atoms with Gasteiger partial charge >= 0.3 is 0 Å². The minimum Gasteiger partial charge on any atom is -0.504 e. The van der Waals surface area contributed by atoms with Gasteiger partial charge in [-0.3, -0.25) is 0 Å². The Kier molecular flexibility index (Phi) is 1.90. The van der Waals surface area contributed by atoms with E-state index in [-0.39, 0.29) is 11.5 Å². The molecule has 0 amide bonds. The van der Waals surface area contributed by atoms with Crippen molar-refractivity contribution in [1.29, 1.82) is 0 Å². The molecule has 0 radical (unpaired) electrons. The van der Waals surface area contributed by atoms with Gasteiger partial charge in [0, 0.05) is 10.9 Å². The Morgan fingerprint density at radius 3 is 2.77 bits per heavy atom. The topological polar surface area (TPSA) is 53.4 Å². The highest BCUT2D eigenvalue weighted by Crippen LogP contribution is 2.35. The number of phenols is 2. The van der Waals surface area contributed by atoms with Crippen molar-refractivity contribution in [3.8, 4) is 22.8 Å². The normalized spacial score (nSPS) is 10.2. The van der Waals surface area contributed by atoms with Gasteiger partial charge in [0.25, 0.3) is 0 Å². The summed E-state index contributed by atoms with van der Waals surface area (Å²) in [5.74, 6) is -0.237. The summed E-state index contributed by atoms with van der Waals surface area (Å²) in [5, 5.41) is 20.5. The highest BCUT2D eigenvalue weighted by molar-refractivity contribution is 7.07. The zero-order valence-corrected chi connectivity index (χ0v) is 7.45. The molecule has 2 rings (SSSR count). The molecule has 0 saturated carbocycles. The summed E-state index contributed by atoms with van der Waals surface area (Å²) in [6.45, 7) is 0. The molecule has 0 fully saturated rings. The number of aromatic nitrogens is 1. The van der Waals surface area contributed by atoms with Gasteiger partial charge in [-0.25, -0.2) is 4.98 Å². The van der Waals surface area contributed by atoms with Crippen molar-refractivity contribution >= 4 is 11.3 Å². The SMILES string of the molecule is Oc1cccc(-c2cscn2)c1O. The van der Waals surface area contributed by atoms with Gasteiger partial charge in [0.2, 0.25) is 0 Å². The van der Waals surface area contributed by atoms with E-state index in [1.807, 2.05) is 5.38 Å². The van der Waals surface area contributed by atoms with Crippen molar-refractivity contribution < 1.29 is 10.2 Å². The zero-order chi connectivity index (χ0) is 9.26. The Labute approximate surface area is 78.9 Å². The van der Waals surface area contributed by atoms with Crippen LogP contribution in [0, 0.1) is 0 Å². The molecule has 1 aromatic carbocycles. The number of para-hydroxylation sites is 1. The smallest absolute Gasteiger partial charge is 0.167 e. The summed E-state index contributed by atoms with van der Waals surface area (Å²) in [6, 6.07) is 4.82. The van der Waals surface area contributed by atoms with E-state index in [2.05, 4.69) is 4.98 Å². The van der Waals surface area contributed by atoms with Crippen LogP contribution < -0.4 is 0 Å². The highest BCUT2D eigenvalue weighted by Gasteiger charge is 2.08. The van der Waals surface area contributed by atoms with E-state index in [9.17, 15) is 10.2 Å². The first-order valence-electron chi connectivity index (χ1n) is 3.68. The molecule has 0 bridgehead atoms. The third kappa shape index (κ3) is 1.36. The van der Waals surface area contributed by atoms with Gasteiger partial charge in [-0.1, -0.05) is 6.07 Å². The van der Waals surface area contributed by atoms with E-state index in [0.717, 1.165) is 0 Å². The van der Waals surface area contributed by atoms with E-state index < -0.39 is 0 Å². The molecule has 0 aliphatic rings. The second-order valence-corrected chi connectivity index (χ2v) is 3.27. The molecule has 1 aromatic heterocycles. The average Bonchev–Trinajstić information content (AvgIpc) is 2.62. The summed E-state index contributed by atoms with van der Waals surface area (Å²) in [7, 11) is 0. The van der Waals surface area contributed by atoms with Gasteiger partial charge in [0.15, 0.2) is 11.5 Å². The summed E-state index contributed by atoms with van der Waals surface area (Å²) >= 11 is 1.45. The predicted molar refractivity (Wildman–Crippen MR) is 50.9 cm³/mol. The van der Waals surface area contributed by atoms with Crippen LogP contribution in [-0.2, 0) is 0 Å². The fourth-order valence-electron chi connectivity index (χ4n) is 1.08. The van der Waals surface area contributed by atoms with Crippen molar-refractivity contribution in [3.05, 3.63) is 29.1 Å². The minimum atomic E-state index is -0.120. The van der Waals surface area contributed by atoms with Crippen LogP contribution in [0.1, 0.15) is 0 Å². The molecule has 2 N–H and O–H groups in total. The summed E-state index contributed by atoms with van der Waals surface area (Å²) in [5.41, 5.74) is 2.92. The van der Waals surface area contributed by atoms with Crippen LogP contribution in [0.3, 0.4) is 0 Å². The minimum absolute atomic E-state index is 0.117. The van der Waals surface area contributed by atoms with Gasteiger partial charge in [0.05, 0.1) is 11.2 Å². The lowest BCUT2D eigenvalue weighted by Gasteiger charge is -2.01. The highest BCUT2D eigenvalue weighted by atomic mass is 32.1. The van der Waals surface area contributed by atoms with Crippen LogP contribution in [0.25, 0.3) is 11.3 Å². The van der Waals surface area contributed by atoms with E-state index >= 15 is 0 Å². The maximum absolute atomic E-state index is 9.48. The van der Waals surface area contributed by atoms with Crippen LogP contribution in [0.5, 0.6) is 11.5 Å². The van der Waals surface area contributed by atoms with Crippen LogP contribution in [-0.4, -0.2) is 15.2 Å². The van der Waals surface area contributed by atoms with Crippen LogP contribution >= 0.6 is 11.3 Å². The first kappa shape index (κ1) is 8.07. The van der Waals surface area contributed by atoms with Gasteiger partial charge in [-0.2, -0.15) is 0 Å². The Morgan fingerprint density at radius 2 is 2.08 bits per heavy atom. The number of hydrogen-bond acceptors (Lipinski definition) is 4. The van der Waals surface area contributed by atoms with Crippen molar-refractivity contribution in [2.45, 2.75) is 0 Å². The Hall–Kier alpha value is -1.55. The molecule has 1 heterocycles. The number of thiazole rings is 1. The van der Waals surface area contributed by atoms with Crippen LogP contribution in [0.2, 0.25) is 0 Å². The molecule has 0 unspecified atom stereocenters. The predicted octanol–water partition coefficient (Wildman–Crippen LogP) is 2.22. The Morgan fingerprint density at radius 1 is 1.23 bits per heavy atom. The van der Waals surface area contributed by atoms with E-state index in [0.29, 0.717) is 11.3 Å². The summed E-state index contributed by atoms with van der Waals surface area (Å²) < 4.78 is 0. The molecule has 0 aliphatic carbocycles. The lowest BCUT2D eigenvalue weighted by molar-refractivity contribution is 0.405. The average molecular weight is 193 g/mol. The van der Waals surface area contributed by atoms with E-state index in [1.165, 1.54) is 17.4 Å². The van der Waals surface area contributed by atoms with Crippen LogP contribution in [0.4, 0.5) is 0 Å². The first-order valence-corrected chi connectivity index (χ1v) is 4.63. The number of benzene rings is 1. The lowest BCUT2D eigenvalue weighted by atomic mass is 10.1. The van der Waals surface area contributed by atoms with Crippen molar-refractivity contribution in [2.24, 2.45) is 0 Å². The van der Waals surface area contributed by atoms with Crippen molar-refractivity contribution in [2.75, 3.05) is 0 Å². The first-order chi connectivity index (χ1) is 6.29. The molecule has 2 aromatic rings. The second kappa shape index (κ2) is 3.06. The fraction of sp³-hybridized carbons (Fsp3) is 0. The lowest BCUT2D eigenvalue weighted by Crippen LogP contribution is -1.78. The van der Waals surface area contributed by atoms with E-state index in [4.69, 9.17) is 0 Å². The third-order valence-electron chi connectivity index (χ3n) is 1.72. The standard InChI is InChI=1S/C9H7NO2S/c11-8-3-1-2-6(9(8)12)7-4-13-5-10-7/h1-5,11-12H. The molecule has 0 spiro atoms. The number of hydrogen-bond donors (Lipinski definition) is 2. The molecule has 4 heteroatoms. The molecule has 3 nitrogen and oxygen atoms in total. The Balaban J connectivity index is 2.59. The van der Waals surface area contributed by atoms with Crippen LogP contribution in [0.15, 0.2) is 29.1 Å².